The van der Waals surface area contributed by atoms with Crippen LogP contribution in [0.5, 0.6) is 0 Å². The second kappa shape index (κ2) is 11.3. The lowest BCUT2D eigenvalue weighted by Crippen LogP contribution is -2.33. The normalized spacial score (nSPS) is 18.8. The highest BCUT2D eigenvalue weighted by Gasteiger charge is 2.20. The van der Waals surface area contributed by atoms with Crippen LogP contribution in [0.15, 0.2) is 43.0 Å². The summed E-state index contributed by atoms with van der Waals surface area (Å²) in [6.45, 7) is 2.60. The first kappa shape index (κ1) is 21.8. The molecule has 1 unspecified atom stereocenters. The smallest absolute Gasteiger partial charge is 0.223 e. The summed E-state index contributed by atoms with van der Waals surface area (Å²) in [5, 5.41) is 5.89. The van der Waals surface area contributed by atoms with E-state index in [0.29, 0.717) is 57.5 Å². The molecular formula is C22H28FN5O2. The molecule has 0 spiro atoms. The third-order valence-electron chi connectivity index (χ3n) is 5.33. The number of nitrogens with zero attached hydrogens (tertiary/aromatic N) is 3. The number of halogens is 1. The molecule has 1 saturated heterocycles. The summed E-state index contributed by atoms with van der Waals surface area (Å²) in [4.78, 5) is 34.7. The molecule has 8 heteroatoms. The lowest BCUT2D eigenvalue weighted by Gasteiger charge is -2.23. The van der Waals surface area contributed by atoms with Crippen molar-refractivity contribution < 1.29 is 14.0 Å². The lowest BCUT2D eigenvalue weighted by molar-refractivity contribution is -0.126. The van der Waals surface area contributed by atoms with E-state index < -0.39 is 0 Å². The van der Waals surface area contributed by atoms with E-state index in [1.165, 1.54) is 6.20 Å². The summed E-state index contributed by atoms with van der Waals surface area (Å²) in [7, 11) is 0. The minimum Gasteiger partial charge on any atom is -0.356 e. The van der Waals surface area contributed by atoms with Crippen molar-refractivity contribution in [2.75, 3.05) is 19.6 Å². The van der Waals surface area contributed by atoms with Crippen molar-refractivity contribution in [3.63, 3.8) is 0 Å². The molecule has 1 aliphatic heterocycles. The molecule has 1 atom stereocenters. The Hall–Kier alpha value is -2.87. The van der Waals surface area contributed by atoms with Gasteiger partial charge in [0.25, 0.3) is 0 Å². The zero-order chi connectivity index (χ0) is 21.2. The van der Waals surface area contributed by atoms with Gasteiger partial charge in [0, 0.05) is 62.7 Å². The van der Waals surface area contributed by atoms with Gasteiger partial charge in [0.2, 0.25) is 11.8 Å². The summed E-state index contributed by atoms with van der Waals surface area (Å²) in [6.07, 6.45) is 8.65. The van der Waals surface area contributed by atoms with Crippen LogP contribution >= 0.6 is 0 Å². The van der Waals surface area contributed by atoms with E-state index in [-0.39, 0.29) is 23.5 Å². The molecule has 30 heavy (non-hydrogen) atoms. The van der Waals surface area contributed by atoms with E-state index in [1.807, 2.05) is 12.1 Å². The van der Waals surface area contributed by atoms with Gasteiger partial charge in [-0.15, -0.1) is 0 Å². The Morgan fingerprint density at radius 3 is 2.77 bits per heavy atom. The van der Waals surface area contributed by atoms with Crippen molar-refractivity contribution in [2.45, 2.75) is 38.8 Å². The fourth-order valence-corrected chi connectivity index (χ4v) is 3.58. The first-order valence-corrected chi connectivity index (χ1v) is 10.4. The van der Waals surface area contributed by atoms with Crippen molar-refractivity contribution in [3.8, 4) is 0 Å². The maximum Gasteiger partial charge on any atom is 0.223 e. The number of carbonyl (C=O) groups is 2. The predicted octanol–water partition coefficient (Wildman–Crippen LogP) is 2.04. The molecule has 0 bridgehead atoms. The highest BCUT2D eigenvalue weighted by Crippen LogP contribution is 2.16. The van der Waals surface area contributed by atoms with E-state index in [0.717, 1.165) is 12.0 Å². The van der Waals surface area contributed by atoms with Gasteiger partial charge in [-0.1, -0.05) is 0 Å². The summed E-state index contributed by atoms with van der Waals surface area (Å²) < 4.78 is 14.0. The number of aromatic nitrogens is 2. The van der Waals surface area contributed by atoms with Crippen LogP contribution in [-0.2, 0) is 22.7 Å². The lowest BCUT2D eigenvalue weighted by atomic mass is 9.98. The number of carbonyl (C=O) groups excluding carboxylic acids is 2. The largest absolute Gasteiger partial charge is 0.356 e. The SMILES string of the molecule is O=C1CCN(Cc2ccncc2F)CCCC(C(=O)NCc2ccncc2)CCN1. The molecular weight excluding hydrogens is 385 g/mol. The Kier molecular flexibility index (Phi) is 8.26. The van der Waals surface area contributed by atoms with E-state index in [9.17, 15) is 14.0 Å². The molecule has 1 fully saturated rings. The fourth-order valence-electron chi connectivity index (χ4n) is 3.58. The van der Waals surface area contributed by atoms with Crippen molar-refractivity contribution >= 4 is 11.8 Å². The van der Waals surface area contributed by atoms with Crippen molar-refractivity contribution in [1.82, 2.24) is 25.5 Å². The molecule has 2 N–H and O–H groups in total. The predicted molar refractivity (Wildman–Crippen MR) is 111 cm³/mol. The first-order valence-electron chi connectivity index (χ1n) is 10.4. The zero-order valence-electron chi connectivity index (χ0n) is 17.0. The molecule has 2 amide bonds. The van der Waals surface area contributed by atoms with Gasteiger partial charge < -0.3 is 10.6 Å². The molecule has 0 saturated carbocycles. The Balaban J connectivity index is 1.58. The molecule has 3 heterocycles. The topological polar surface area (TPSA) is 87.2 Å². The van der Waals surface area contributed by atoms with Crippen LogP contribution in [0.4, 0.5) is 4.39 Å². The number of pyridine rings is 2. The number of rotatable bonds is 5. The first-order chi connectivity index (χ1) is 14.6. The van der Waals surface area contributed by atoms with Crippen molar-refractivity contribution in [1.29, 1.82) is 0 Å². The summed E-state index contributed by atoms with van der Waals surface area (Å²) in [5.41, 5.74) is 1.56. The molecule has 0 radical (unpaired) electrons. The number of amides is 2. The maximum absolute atomic E-state index is 14.0. The van der Waals surface area contributed by atoms with Crippen LogP contribution < -0.4 is 10.6 Å². The molecule has 0 aromatic carbocycles. The summed E-state index contributed by atoms with van der Waals surface area (Å²) >= 11 is 0. The zero-order valence-corrected chi connectivity index (χ0v) is 17.0. The molecule has 3 rings (SSSR count). The summed E-state index contributed by atoms with van der Waals surface area (Å²) in [5.74, 6) is -0.575. The molecule has 160 valence electrons. The van der Waals surface area contributed by atoms with Crippen LogP contribution in [0.25, 0.3) is 0 Å². The minimum absolute atomic E-state index is 0.00737. The minimum atomic E-state index is -0.343. The Morgan fingerprint density at radius 2 is 1.97 bits per heavy atom. The third kappa shape index (κ3) is 6.88. The molecule has 0 aliphatic carbocycles. The molecule has 7 nitrogen and oxygen atoms in total. The second-order valence-corrected chi connectivity index (χ2v) is 7.54. The standard InChI is InChI=1S/C22H28FN5O2/c23-20-15-25-10-5-19(20)16-28-12-1-2-18(6-11-26-21(29)7-13-28)22(30)27-14-17-3-8-24-9-4-17/h3-5,8-10,15,18H,1-2,6-7,11-14,16H2,(H,26,29)(H,27,30). The Bertz CT molecular complexity index is 833. The fraction of sp³-hybridized carbons (Fsp3) is 0.455. The Labute approximate surface area is 176 Å². The van der Waals surface area contributed by atoms with Gasteiger partial charge >= 0.3 is 0 Å². The van der Waals surface area contributed by atoms with Gasteiger partial charge in [-0.3, -0.25) is 24.5 Å². The molecule has 2 aromatic heterocycles. The van der Waals surface area contributed by atoms with E-state index in [2.05, 4.69) is 25.5 Å². The second-order valence-electron chi connectivity index (χ2n) is 7.54. The van der Waals surface area contributed by atoms with Gasteiger partial charge in [0.05, 0.1) is 6.20 Å². The maximum atomic E-state index is 14.0. The van der Waals surface area contributed by atoms with E-state index in [4.69, 9.17) is 0 Å². The van der Waals surface area contributed by atoms with Crippen molar-refractivity contribution in [2.24, 2.45) is 5.92 Å². The van der Waals surface area contributed by atoms with Crippen molar-refractivity contribution in [3.05, 3.63) is 59.9 Å². The quantitative estimate of drug-likeness (QED) is 0.783. The highest BCUT2D eigenvalue weighted by molar-refractivity contribution is 5.79. The average Bonchev–Trinajstić information content (AvgIpc) is 2.80. The number of hydrogen-bond donors (Lipinski definition) is 2. The van der Waals surface area contributed by atoms with Crippen LogP contribution in [0.2, 0.25) is 0 Å². The monoisotopic (exact) mass is 413 g/mol. The number of hydrogen-bond acceptors (Lipinski definition) is 5. The molecule has 2 aromatic rings. The van der Waals surface area contributed by atoms with Gasteiger partial charge in [0.15, 0.2) is 0 Å². The van der Waals surface area contributed by atoms with Crippen LogP contribution in [0.1, 0.15) is 36.8 Å². The highest BCUT2D eigenvalue weighted by atomic mass is 19.1. The number of nitrogens with one attached hydrogen (secondary N) is 2. The van der Waals surface area contributed by atoms with E-state index in [1.54, 1.807) is 24.7 Å². The van der Waals surface area contributed by atoms with Gasteiger partial charge in [-0.2, -0.15) is 0 Å². The van der Waals surface area contributed by atoms with Gasteiger partial charge in [0.1, 0.15) is 5.82 Å². The summed E-state index contributed by atoms with van der Waals surface area (Å²) in [6, 6.07) is 5.40. The molecule has 1 aliphatic rings. The average molecular weight is 413 g/mol. The van der Waals surface area contributed by atoms with Gasteiger partial charge in [-0.25, -0.2) is 4.39 Å². The third-order valence-corrected chi connectivity index (χ3v) is 5.33. The van der Waals surface area contributed by atoms with Crippen LogP contribution in [0.3, 0.4) is 0 Å². The van der Waals surface area contributed by atoms with Gasteiger partial charge in [-0.05, 0) is 49.6 Å². The van der Waals surface area contributed by atoms with Crippen LogP contribution in [0, 0.1) is 11.7 Å². The van der Waals surface area contributed by atoms with Crippen LogP contribution in [-0.4, -0.2) is 46.3 Å². The van der Waals surface area contributed by atoms with E-state index >= 15 is 0 Å². The Morgan fingerprint density at radius 1 is 1.17 bits per heavy atom.